The summed E-state index contributed by atoms with van der Waals surface area (Å²) >= 11 is 5.39. The lowest BCUT2D eigenvalue weighted by molar-refractivity contribution is -0.130. The highest BCUT2D eigenvalue weighted by Crippen LogP contribution is 2.41. The van der Waals surface area contributed by atoms with Gasteiger partial charge in [0.05, 0.1) is 14.2 Å². The fourth-order valence-corrected chi connectivity index (χ4v) is 4.16. The Hall–Kier alpha value is -1.86. The highest BCUT2D eigenvalue weighted by atomic mass is 32.1. The zero-order chi connectivity index (χ0) is 17.5. The van der Waals surface area contributed by atoms with Gasteiger partial charge in [-0.1, -0.05) is 0 Å². The third kappa shape index (κ3) is 2.52. The van der Waals surface area contributed by atoms with Crippen LogP contribution < -0.4 is 14.8 Å². The molecule has 3 rings (SSSR count). The maximum Gasteiger partial charge on any atom is 0.256 e. The number of amides is 1. The van der Waals surface area contributed by atoms with Crippen LogP contribution in [0.15, 0.2) is 18.2 Å². The van der Waals surface area contributed by atoms with E-state index in [0.717, 1.165) is 23.6 Å². The van der Waals surface area contributed by atoms with Crippen LogP contribution in [0.3, 0.4) is 0 Å². The number of benzene rings is 1. The Kier molecular flexibility index (Phi) is 4.40. The number of methoxy groups -OCH3 is 2. The van der Waals surface area contributed by atoms with Crippen LogP contribution >= 0.6 is 12.2 Å². The van der Waals surface area contributed by atoms with Crippen LogP contribution in [-0.2, 0) is 4.79 Å². The maximum atomic E-state index is 13.1. The smallest absolute Gasteiger partial charge is 0.256 e. The third-order valence-electron chi connectivity index (χ3n) is 4.90. The van der Waals surface area contributed by atoms with Gasteiger partial charge in [0.25, 0.3) is 5.91 Å². The van der Waals surface area contributed by atoms with Crippen molar-refractivity contribution in [2.24, 2.45) is 0 Å². The number of hydrogen-bond acceptors (Lipinski definition) is 5. The van der Waals surface area contributed by atoms with Crippen LogP contribution in [0.4, 0.5) is 0 Å². The minimum atomic E-state index is -0.723. The average molecular weight is 349 g/mol. The van der Waals surface area contributed by atoms with Gasteiger partial charge in [0, 0.05) is 31.6 Å². The molecule has 7 heteroatoms. The predicted octanol–water partition coefficient (Wildman–Crippen LogP) is 1.21. The highest BCUT2D eigenvalue weighted by molar-refractivity contribution is 7.80. The molecule has 0 saturated carbocycles. The minimum Gasteiger partial charge on any atom is -0.497 e. The van der Waals surface area contributed by atoms with Crippen LogP contribution in [-0.4, -0.2) is 67.3 Å². The second-order valence-electron chi connectivity index (χ2n) is 6.35. The molecule has 0 unspecified atom stereocenters. The lowest BCUT2D eigenvalue weighted by Gasteiger charge is -2.28. The van der Waals surface area contributed by atoms with E-state index in [4.69, 9.17) is 21.7 Å². The van der Waals surface area contributed by atoms with E-state index in [1.165, 1.54) is 0 Å². The van der Waals surface area contributed by atoms with E-state index in [0.29, 0.717) is 18.2 Å². The summed E-state index contributed by atoms with van der Waals surface area (Å²) in [6.45, 7) is 3.89. The summed E-state index contributed by atoms with van der Waals surface area (Å²) in [5.41, 5.74) is 0.288. The topological polar surface area (TPSA) is 54.0 Å². The Balaban J connectivity index is 2.06. The van der Waals surface area contributed by atoms with Gasteiger partial charge < -0.3 is 19.7 Å². The number of likely N-dealkylation sites (tertiary alicyclic amines) is 1. The molecule has 1 aromatic carbocycles. The van der Waals surface area contributed by atoms with Crippen LogP contribution in [0.25, 0.3) is 0 Å². The van der Waals surface area contributed by atoms with E-state index in [2.05, 4.69) is 10.2 Å². The number of carbonyl (C=O) groups excluding carboxylic acids is 1. The molecule has 2 aliphatic heterocycles. The van der Waals surface area contributed by atoms with Crippen molar-refractivity contribution in [2.45, 2.75) is 18.4 Å². The van der Waals surface area contributed by atoms with Gasteiger partial charge in [-0.05, 0) is 43.9 Å². The molecule has 2 saturated heterocycles. The fraction of sp³-hybridized carbons (Fsp3) is 0.529. The van der Waals surface area contributed by atoms with Gasteiger partial charge in [-0.2, -0.15) is 0 Å². The Bertz CT molecular complexity index is 659. The molecule has 0 bridgehead atoms. The quantitative estimate of drug-likeness (QED) is 0.825. The summed E-state index contributed by atoms with van der Waals surface area (Å²) in [7, 11) is 5.27. The minimum absolute atomic E-state index is 0.0338. The monoisotopic (exact) mass is 349 g/mol. The molecule has 0 aliphatic carbocycles. The number of nitrogens with one attached hydrogen (secondary N) is 1. The summed E-state index contributed by atoms with van der Waals surface area (Å²) in [6.07, 6.45) is 0. The Morgan fingerprint density at radius 2 is 1.92 bits per heavy atom. The molecule has 1 amide bonds. The summed E-state index contributed by atoms with van der Waals surface area (Å²) in [6, 6.07) is 5.78. The first-order valence-corrected chi connectivity index (χ1v) is 8.41. The van der Waals surface area contributed by atoms with Crippen LogP contribution in [0, 0.1) is 0 Å². The van der Waals surface area contributed by atoms with Crippen molar-refractivity contribution < 1.29 is 14.3 Å². The van der Waals surface area contributed by atoms with Crippen molar-refractivity contribution in [1.82, 2.24) is 15.1 Å². The summed E-state index contributed by atoms with van der Waals surface area (Å²) in [4.78, 5) is 16.9. The molecule has 0 aromatic heterocycles. The van der Waals surface area contributed by atoms with Crippen LogP contribution in [0.1, 0.15) is 18.4 Å². The number of hydrogen-bond donors (Lipinski definition) is 1. The van der Waals surface area contributed by atoms with E-state index in [-0.39, 0.29) is 11.8 Å². The largest absolute Gasteiger partial charge is 0.497 e. The number of nitrogens with zero attached hydrogens (tertiary/aromatic N) is 2. The van der Waals surface area contributed by atoms with Gasteiger partial charge in [-0.25, -0.2) is 0 Å². The van der Waals surface area contributed by atoms with E-state index in [1.54, 1.807) is 19.1 Å². The van der Waals surface area contributed by atoms with Crippen molar-refractivity contribution in [3.63, 3.8) is 0 Å². The molecule has 2 atom stereocenters. The maximum absolute atomic E-state index is 13.1. The molecule has 2 fully saturated rings. The molecule has 1 N–H and O–H groups in total. The van der Waals surface area contributed by atoms with Crippen molar-refractivity contribution in [3.8, 4) is 11.5 Å². The van der Waals surface area contributed by atoms with Crippen molar-refractivity contribution in [1.29, 1.82) is 0 Å². The van der Waals surface area contributed by atoms with Gasteiger partial charge in [-0.3, -0.25) is 9.69 Å². The van der Waals surface area contributed by atoms with Gasteiger partial charge in [-0.15, -0.1) is 0 Å². The fourth-order valence-electron chi connectivity index (χ4n) is 3.76. The molecule has 0 radical (unpaired) electrons. The lowest BCUT2D eigenvalue weighted by Crippen LogP contribution is -2.52. The first kappa shape index (κ1) is 17.0. The highest BCUT2D eigenvalue weighted by Gasteiger charge is 2.58. The molecular formula is C17H23N3O3S. The lowest BCUT2D eigenvalue weighted by atomic mass is 9.81. The van der Waals surface area contributed by atoms with Gasteiger partial charge >= 0.3 is 0 Å². The molecule has 24 heavy (non-hydrogen) atoms. The molecule has 1 aromatic rings. The van der Waals surface area contributed by atoms with E-state index < -0.39 is 5.54 Å². The molecule has 130 valence electrons. The SMILES string of the molecule is CCN1C(=O)[C@]2(CN(C)C[C@@H]2c2cc(OC)cc(OC)c2)NC1=S. The van der Waals surface area contributed by atoms with E-state index >= 15 is 0 Å². The van der Waals surface area contributed by atoms with Crippen molar-refractivity contribution in [3.05, 3.63) is 23.8 Å². The van der Waals surface area contributed by atoms with Crippen molar-refractivity contribution >= 4 is 23.2 Å². The van der Waals surface area contributed by atoms with E-state index in [9.17, 15) is 4.79 Å². The first-order chi connectivity index (χ1) is 11.4. The van der Waals surface area contributed by atoms with Crippen LogP contribution in [0.5, 0.6) is 11.5 Å². The molecule has 2 aliphatic rings. The summed E-state index contributed by atoms with van der Waals surface area (Å²) in [5.74, 6) is 1.45. The average Bonchev–Trinajstić information content (AvgIpc) is 3.03. The molecule has 6 nitrogen and oxygen atoms in total. The standard InChI is InChI=1S/C17H23N3O3S/c1-5-20-15(21)17(18-16(20)24)10-19(2)9-14(17)11-6-12(22-3)8-13(7-11)23-4/h6-8,14H,5,9-10H2,1-4H3,(H,18,24)/t14-,17-/m1/s1. The number of rotatable bonds is 4. The summed E-state index contributed by atoms with van der Waals surface area (Å²) in [5, 5.41) is 3.83. The normalized spacial score (nSPS) is 27.0. The van der Waals surface area contributed by atoms with Gasteiger partial charge in [0.15, 0.2) is 5.11 Å². The molecule has 2 heterocycles. The zero-order valence-electron chi connectivity index (χ0n) is 14.5. The molecular weight excluding hydrogens is 326 g/mol. The number of ether oxygens (including phenoxy) is 2. The predicted molar refractivity (Wildman–Crippen MR) is 95.6 cm³/mol. The third-order valence-corrected chi connectivity index (χ3v) is 5.23. The van der Waals surface area contributed by atoms with Gasteiger partial charge in [0.1, 0.15) is 17.0 Å². The number of thiocarbonyl (C=S) groups is 1. The second-order valence-corrected chi connectivity index (χ2v) is 6.73. The van der Waals surface area contributed by atoms with Crippen molar-refractivity contribution in [2.75, 3.05) is 40.9 Å². The van der Waals surface area contributed by atoms with Crippen LogP contribution in [0.2, 0.25) is 0 Å². The number of likely N-dealkylation sites (N-methyl/N-ethyl adjacent to an activating group) is 2. The van der Waals surface area contributed by atoms with E-state index in [1.807, 2.05) is 32.2 Å². The zero-order valence-corrected chi connectivity index (χ0v) is 15.3. The molecule has 1 spiro atoms. The Labute approximate surface area is 147 Å². The second kappa shape index (κ2) is 6.22. The van der Waals surface area contributed by atoms with Gasteiger partial charge in [0.2, 0.25) is 0 Å². The Morgan fingerprint density at radius 1 is 1.29 bits per heavy atom. The Morgan fingerprint density at radius 3 is 2.42 bits per heavy atom. The first-order valence-electron chi connectivity index (χ1n) is 8.00. The number of carbonyl (C=O) groups is 1. The summed E-state index contributed by atoms with van der Waals surface area (Å²) < 4.78 is 10.8.